The molecule has 0 bridgehead atoms. The van der Waals surface area contributed by atoms with Gasteiger partial charge in [0, 0.05) is 41.7 Å². The SMILES string of the molecule is CC1=NN(c2ccc(OC(F)F)c(-c3cccnc3)c2)C(=O)[C@@]1(F)C(=O)Nc1cccc(C(C)(F)F)c1. The van der Waals surface area contributed by atoms with E-state index in [0.29, 0.717) is 17.5 Å². The van der Waals surface area contributed by atoms with Crippen LogP contribution in [-0.2, 0) is 15.5 Å². The number of alkyl halides is 5. The number of nitrogens with one attached hydrogen (secondary N) is 1. The number of aromatic nitrogens is 1. The number of hydrogen-bond donors (Lipinski definition) is 1. The molecule has 3 aromatic rings. The third-order valence-corrected chi connectivity index (χ3v) is 5.57. The first kappa shape index (κ1) is 25.7. The van der Waals surface area contributed by atoms with E-state index in [2.05, 4.69) is 20.1 Å². The molecule has 2 amide bonds. The van der Waals surface area contributed by atoms with Gasteiger partial charge in [-0.1, -0.05) is 18.2 Å². The lowest BCUT2D eigenvalue weighted by Gasteiger charge is -2.21. The maximum Gasteiger partial charge on any atom is 0.387 e. The molecule has 37 heavy (non-hydrogen) atoms. The Morgan fingerprint density at radius 1 is 1.14 bits per heavy atom. The van der Waals surface area contributed by atoms with Gasteiger partial charge < -0.3 is 10.1 Å². The van der Waals surface area contributed by atoms with Crippen LogP contribution >= 0.6 is 0 Å². The number of pyridine rings is 1. The predicted octanol–water partition coefficient (Wildman–Crippen LogP) is 5.53. The number of amides is 2. The monoisotopic (exact) mass is 518 g/mol. The van der Waals surface area contributed by atoms with E-state index in [0.717, 1.165) is 25.1 Å². The van der Waals surface area contributed by atoms with E-state index < -0.39 is 41.3 Å². The van der Waals surface area contributed by atoms with Gasteiger partial charge in [0.1, 0.15) is 5.75 Å². The molecule has 0 saturated heterocycles. The lowest BCUT2D eigenvalue weighted by Crippen LogP contribution is -2.51. The summed E-state index contributed by atoms with van der Waals surface area (Å²) < 4.78 is 73.6. The number of benzene rings is 2. The van der Waals surface area contributed by atoms with Gasteiger partial charge in [0.05, 0.1) is 11.4 Å². The van der Waals surface area contributed by atoms with E-state index >= 15 is 4.39 Å². The zero-order valence-corrected chi connectivity index (χ0v) is 19.4. The smallest absolute Gasteiger partial charge is 0.387 e. The van der Waals surface area contributed by atoms with Crippen LogP contribution in [0, 0.1) is 0 Å². The van der Waals surface area contributed by atoms with Gasteiger partial charge in [-0.2, -0.15) is 18.9 Å². The molecule has 1 N–H and O–H groups in total. The number of hydrogen-bond acceptors (Lipinski definition) is 5. The molecule has 1 aliphatic rings. The lowest BCUT2D eigenvalue weighted by atomic mass is 9.98. The van der Waals surface area contributed by atoms with Crippen LogP contribution in [0.4, 0.5) is 33.3 Å². The van der Waals surface area contributed by atoms with E-state index in [1.54, 1.807) is 12.1 Å². The summed E-state index contributed by atoms with van der Waals surface area (Å²) in [5.41, 5.74) is -3.89. The predicted molar refractivity (Wildman–Crippen MR) is 125 cm³/mol. The number of rotatable bonds is 7. The summed E-state index contributed by atoms with van der Waals surface area (Å²) in [6, 6.07) is 11.3. The summed E-state index contributed by atoms with van der Waals surface area (Å²) in [4.78, 5) is 29.9. The Morgan fingerprint density at radius 3 is 2.54 bits per heavy atom. The Bertz CT molecular complexity index is 1380. The topological polar surface area (TPSA) is 83.9 Å². The van der Waals surface area contributed by atoms with Crippen molar-refractivity contribution in [2.75, 3.05) is 10.3 Å². The van der Waals surface area contributed by atoms with Crippen LogP contribution in [0.1, 0.15) is 19.4 Å². The first-order valence-electron chi connectivity index (χ1n) is 10.8. The van der Waals surface area contributed by atoms with E-state index in [-0.39, 0.29) is 22.7 Å². The molecule has 1 aromatic heterocycles. The molecule has 0 fully saturated rings. The molecular formula is C25H19F5N4O3. The fraction of sp³-hybridized carbons (Fsp3) is 0.200. The molecule has 7 nitrogen and oxygen atoms in total. The van der Waals surface area contributed by atoms with Gasteiger partial charge in [-0.3, -0.25) is 14.6 Å². The second kappa shape index (κ2) is 9.60. The van der Waals surface area contributed by atoms with Crippen molar-refractivity contribution in [3.8, 4) is 16.9 Å². The number of hydrazone groups is 1. The van der Waals surface area contributed by atoms with Crippen LogP contribution in [0.15, 0.2) is 72.1 Å². The zero-order chi connectivity index (χ0) is 27.0. The average Bonchev–Trinajstić information content (AvgIpc) is 3.09. The molecule has 2 heterocycles. The fourth-order valence-corrected chi connectivity index (χ4v) is 3.68. The number of ether oxygens (including phenoxy) is 1. The molecule has 4 rings (SSSR count). The summed E-state index contributed by atoms with van der Waals surface area (Å²) in [6.45, 7) is -1.36. The quantitative estimate of drug-likeness (QED) is 0.329. The largest absolute Gasteiger partial charge is 0.434 e. The Hall–Kier alpha value is -4.35. The Labute approximate surface area is 207 Å². The molecule has 12 heteroatoms. The Morgan fingerprint density at radius 2 is 1.89 bits per heavy atom. The minimum Gasteiger partial charge on any atom is -0.434 e. The van der Waals surface area contributed by atoms with Gasteiger partial charge in [-0.25, -0.2) is 13.2 Å². The molecule has 0 aliphatic carbocycles. The van der Waals surface area contributed by atoms with Crippen LogP contribution in [0.2, 0.25) is 0 Å². The molecule has 1 atom stereocenters. The number of halogens is 5. The third-order valence-electron chi connectivity index (χ3n) is 5.57. The summed E-state index contributed by atoms with van der Waals surface area (Å²) in [7, 11) is 0. The van der Waals surface area contributed by atoms with E-state index in [1.165, 1.54) is 36.7 Å². The van der Waals surface area contributed by atoms with Crippen LogP contribution in [0.5, 0.6) is 5.75 Å². The number of carbonyl (C=O) groups is 2. The van der Waals surface area contributed by atoms with Gasteiger partial charge in [0.2, 0.25) is 0 Å². The number of nitrogens with zero attached hydrogens (tertiary/aromatic N) is 3. The lowest BCUT2D eigenvalue weighted by molar-refractivity contribution is -0.135. The van der Waals surface area contributed by atoms with Crippen LogP contribution in [-0.4, -0.2) is 34.8 Å². The second-order valence-corrected chi connectivity index (χ2v) is 8.18. The normalized spacial score (nSPS) is 17.7. The minimum atomic E-state index is -3.25. The van der Waals surface area contributed by atoms with Crippen molar-refractivity contribution in [3.05, 3.63) is 72.6 Å². The van der Waals surface area contributed by atoms with Crippen LogP contribution < -0.4 is 15.1 Å². The van der Waals surface area contributed by atoms with E-state index in [1.807, 2.05) is 0 Å². The molecule has 1 aliphatic heterocycles. The van der Waals surface area contributed by atoms with Crippen LogP contribution in [0.25, 0.3) is 11.1 Å². The highest BCUT2D eigenvalue weighted by Gasteiger charge is 2.57. The van der Waals surface area contributed by atoms with E-state index in [9.17, 15) is 27.2 Å². The van der Waals surface area contributed by atoms with Crippen molar-refractivity contribution in [1.82, 2.24) is 4.98 Å². The van der Waals surface area contributed by atoms with Crippen LogP contribution in [0.3, 0.4) is 0 Å². The Balaban J connectivity index is 1.65. The van der Waals surface area contributed by atoms with Gasteiger partial charge in [-0.15, -0.1) is 0 Å². The zero-order valence-electron chi connectivity index (χ0n) is 19.4. The third kappa shape index (κ3) is 4.99. The van der Waals surface area contributed by atoms with Crippen molar-refractivity contribution >= 4 is 28.9 Å². The van der Waals surface area contributed by atoms with Gasteiger partial charge >= 0.3 is 18.2 Å². The van der Waals surface area contributed by atoms with Crippen molar-refractivity contribution in [3.63, 3.8) is 0 Å². The molecule has 192 valence electrons. The standard InChI is InChI=1S/C25H19F5N4O3/c1-14-25(30,21(35)32-17-7-3-6-16(11-17)24(2,28)29)22(36)34(33-14)18-8-9-20(37-23(26)27)19(12-18)15-5-4-10-31-13-15/h3-13,23H,1-2H3,(H,32,35)/t25-/m0/s1. The van der Waals surface area contributed by atoms with Crippen molar-refractivity contribution < 1.29 is 36.3 Å². The molecule has 2 aromatic carbocycles. The Kier molecular flexibility index (Phi) is 6.68. The molecule has 0 spiro atoms. The van der Waals surface area contributed by atoms with Gasteiger partial charge in [-0.05, 0) is 43.3 Å². The molecule has 0 unspecified atom stereocenters. The summed E-state index contributed by atoms with van der Waals surface area (Å²) in [6.07, 6.45) is 2.84. The average molecular weight is 518 g/mol. The minimum absolute atomic E-state index is 0.0373. The van der Waals surface area contributed by atoms with E-state index in [4.69, 9.17) is 0 Å². The van der Waals surface area contributed by atoms with Crippen molar-refractivity contribution in [2.45, 2.75) is 32.1 Å². The molecule has 0 radical (unpaired) electrons. The first-order chi connectivity index (χ1) is 17.4. The van der Waals surface area contributed by atoms with Gasteiger partial charge in [0.15, 0.2) is 0 Å². The summed E-state index contributed by atoms with van der Waals surface area (Å²) in [5.74, 6) is -6.24. The van der Waals surface area contributed by atoms with Gasteiger partial charge in [0.25, 0.3) is 11.8 Å². The highest BCUT2D eigenvalue weighted by Crippen LogP contribution is 2.38. The highest BCUT2D eigenvalue weighted by molar-refractivity contribution is 6.36. The molecule has 0 saturated carbocycles. The first-order valence-corrected chi connectivity index (χ1v) is 10.8. The number of carbonyl (C=O) groups excluding carboxylic acids is 2. The summed E-state index contributed by atoms with van der Waals surface area (Å²) in [5, 5.41) is 6.65. The second-order valence-electron chi connectivity index (χ2n) is 8.18. The maximum atomic E-state index is 15.9. The highest BCUT2D eigenvalue weighted by atomic mass is 19.3. The maximum absolute atomic E-state index is 15.9. The molecular weight excluding hydrogens is 499 g/mol. The number of anilines is 2. The van der Waals surface area contributed by atoms with Crippen molar-refractivity contribution in [2.24, 2.45) is 5.10 Å². The fourth-order valence-electron chi connectivity index (χ4n) is 3.68. The summed E-state index contributed by atoms with van der Waals surface area (Å²) >= 11 is 0. The van der Waals surface area contributed by atoms with Crippen molar-refractivity contribution in [1.29, 1.82) is 0 Å².